The highest BCUT2D eigenvalue weighted by Crippen LogP contribution is 2.26. The van der Waals surface area contributed by atoms with Gasteiger partial charge in [-0.05, 0) is 103 Å². The SMILES string of the molecule is CC/C=C\C/C=C\C/C=C\C/C=C\C/C=C\C/C=C\CCCCCCCCCC(O)C(=O)NC(COC1OC(CO)C(O)C(O)C1OC(=O)CCCCCCCCCCCCCCCCCCC/C=C/CCCCCCCC)C(O)/C=C/CCCCCCCCCCC. The van der Waals surface area contributed by atoms with Gasteiger partial charge in [-0.1, -0.05) is 336 Å². The second-order valence-corrected chi connectivity index (χ2v) is 26.7. The molecule has 0 spiro atoms. The van der Waals surface area contributed by atoms with Gasteiger partial charge in [0.2, 0.25) is 5.91 Å². The monoisotopic (exact) mass is 1300 g/mol. The van der Waals surface area contributed by atoms with E-state index in [1.165, 1.54) is 186 Å². The van der Waals surface area contributed by atoms with E-state index in [9.17, 15) is 35.1 Å². The fourth-order valence-corrected chi connectivity index (χ4v) is 11.9. The number of carbonyl (C=O) groups excluding carboxylic acids is 2. The standard InChI is InChI=1S/C82H145NO10/c1-4-7-10-13-16-19-22-24-26-28-30-32-34-36-38-40-42-44-46-48-50-52-55-58-61-64-67-70-77(87)93-80-79(89)78(88)76(71-84)92-82(80)91-72-73(74(85)68-65-62-59-56-53-21-18-15-12-9-6-3)83-81(90)75(86)69-66-63-60-57-54-51-49-47-45-43-41-39-37-35-33-31-29-27-25-23-20-17-14-11-8-5-2/h8,11,17,20,24-27,31,33,37,39,43,45,65,68,73-76,78-80,82,84-86,88-89H,4-7,9-10,12-16,18-19,21-23,28-30,32,34-36,38,40-42,44,46-64,66-67,69-72H2,1-3H3,(H,83,90)/b11-8-,20-17-,26-24+,27-25-,33-31-,39-37-,45-43-,68-65+. The molecule has 8 unspecified atom stereocenters. The van der Waals surface area contributed by atoms with Crippen LogP contribution in [0, 0.1) is 0 Å². The number of ether oxygens (including phenoxy) is 3. The molecule has 11 heteroatoms. The maximum absolute atomic E-state index is 13.5. The Morgan fingerprint density at radius 2 is 0.774 bits per heavy atom. The van der Waals surface area contributed by atoms with E-state index >= 15 is 0 Å². The molecule has 0 radical (unpaired) electrons. The lowest BCUT2D eigenvalue weighted by molar-refractivity contribution is -0.305. The Labute approximate surface area is 571 Å². The number of hydrogen-bond donors (Lipinski definition) is 6. The Kier molecular flexibility index (Phi) is 64.5. The van der Waals surface area contributed by atoms with Crippen molar-refractivity contribution in [2.75, 3.05) is 13.2 Å². The molecule has 11 nitrogen and oxygen atoms in total. The molecular weight excluding hydrogens is 1160 g/mol. The fourth-order valence-electron chi connectivity index (χ4n) is 11.9. The Morgan fingerprint density at radius 3 is 1.17 bits per heavy atom. The first-order valence-electron chi connectivity index (χ1n) is 39.0. The van der Waals surface area contributed by atoms with E-state index in [1.54, 1.807) is 6.08 Å². The molecule has 8 atom stereocenters. The smallest absolute Gasteiger partial charge is 0.306 e. The molecule has 1 fully saturated rings. The van der Waals surface area contributed by atoms with Crippen LogP contribution in [0.5, 0.6) is 0 Å². The van der Waals surface area contributed by atoms with Gasteiger partial charge in [-0.25, -0.2) is 0 Å². The second-order valence-electron chi connectivity index (χ2n) is 26.7. The summed E-state index contributed by atoms with van der Waals surface area (Å²) in [6.45, 7) is 5.70. The number of unbranched alkanes of at least 4 members (excludes halogenated alkanes) is 39. The predicted molar refractivity (Wildman–Crippen MR) is 393 cm³/mol. The maximum Gasteiger partial charge on any atom is 0.306 e. The third kappa shape index (κ3) is 55.3. The molecular formula is C82H145NO10. The first-order valence-corrected chi connectivity index (χ1v) is 39.0. The van der Waals surface area contributed by atoms with E-state index in [2.05, 4.69) is 111 Å². The number of amides is 1. The first kappa shape index (κ1) is 87.6. The van der Waals surface area contributed by atoms with Crippen LogP contribution in [0.1, 0.15) is 348 Å². The lowest BCUT2D eigenvalue weighted by Gasteiger charge is -2.41. The molecule has 0 bridgehead atoms. The quantitative estimate of drug-likeness (QED) is 0.0195. The van der Waals surface area contributed by atoms with E-state index in [0.717, 1.165) is 116 Å². The Balaban J connectivity index is 2.50. The number of hydrogen-bond acceptors (Lipinski definition) is 10. The van der Waals surface area contributed by atoms with Gasteiger partial charge in [0.05, 0.1) is 25.4 Å². The third-order valence-electron chi connectivity index (χ3n) is 18.0. The average Bonchev–Trinajstić information content (AvgIpc) is 0.974. The van der Waals surface area contributed by atoms with Gasteiger partial charge >= 0.3 is 5.97 Å². The lowest BCUT2D eigenvalue weighted by atomic mass is 9.99. The van der Waals surface area contributed by atoms with Crippen LogP contribution in [0.15, 0.2) is 97.2 Å². The zero-order valence-corrected chi connectivity index (χ0v) is 60.1. The van der Waals surface area contributed by atoms with Crippen LogP contribution >= 0.6 is 0 Å². The third-order valence-corrected chi connectivity index (χ3v) is 18.0. The van der Waals surface area contributed by atoms with Crippen LogP contribution < -0.4 is 5.32 Å². The van der Waals surface area contributed by atoms with E-state index in [-0.39, 0.29) is 19.4 Å². The highest BCUT2D eigenvalue weighted by Gasteiger charge is 2.47. The summed E-state index contributed by atoms with van der Waals surface area (Å²) in [5.41, 5.74) is 0. The topological polar surface area (TPSA) is 175 Å². The van der Waals surface area contributed by atoms with Gasteiger partial charge < -0.3 is 45.1 Å². The molecule has 0 aromatic carbocycles. The number of rotatable bonds is 67. The van der Waals surface area contributed by atoms with Crippen molar-refractivity contribution < 1.29 is 49.3 Å². The van der Waals surface area contributed by atoms with Gasteiger partial charge in [0, 0.05) is 6.42 Å². The second kappa shape index (κ2) is 68.5. The molecule has 1 aliphatic rings. The highest BCUT2D eigenvalue weighted by atomic mass is 16.7. The van der Waals surface area contributed by atoms with Crippen molar-refractivity contribution in [2.24, 2.45) is 0 Å². The normalized spacial score (nSPS) is 18.4. The first-order chi connectivity index (χ1) is 45.7. The lowest BCUT2D eigenvalue weighted by Crippen LogP contribution is -2.61. The molecule has 1 aliphatic heterocycles. The molecule has 0 aromatic rings. The summed E-state index contributed by atoms with van der Waals surface area (Å²) in [6, 6.07) is -1.03. The molecule has 1 rings (SSSR count). The van der Waals surface area contributed by atoms with Crippen LogP contribution in [0.2, 0.25) is 0 Å². The largest absolute Gasteiger partial charge is 0.454 e. The van der Waals surface area contributed by atoms with Crippen molar-refractivity contribution in [1.29, 1.82) is 0 Å². The molecule has 1 amide bonds. The summed E-state index contributed by atoms with van der Waals surface area (Å²) >= 11 is 0. The van der Waals surface area contributed by atoms with Crippen molar-refractivity contribution in [3.8, 4) is 0 Å². The van der Waals surface area contributed by atoms with Crippen molar-refractivity contribution >= 4 is 11.9 Å². The van der Waals surface area contributed by atoms with E-state index in [1.807, 2.05) is 6.08 Å². The summed E-state index contributed by atoms with van der Waals surface area (Å²) in [4.78, 5) is 26.7. The zero-order valence-electron chi connectivity index (χ0n) is 60.1. The highest BCUT2D eigenvalue weighted by molar-refractivity contribution is 5.80. The molecule has 0 aromatic heterocycles. The summed E-state index contributed by atoms with van der Waals surface area (Å²) in [6.07, 6.45) is 83.2. The number of esters is 1. The summed E-state index contributed by atoms with van der Waals surface area (Å²) in [5.74, 6) is -1.20. The van der Waals surface area contributed by atoms with Gasteiger partial charge in [-0.15, -0.1) is 0 Å². The Morgan fingerprint density at radius 1 is 0.430 bits per heavy atom. The van der Waals surface area contributed by atoms with Gasteiger partial charge in [-0.3, -0.25) is 9.59 Å². The van der Waals surface area contributed by atoms with E-state index < -0.39 is 67.4 Å². The molecule has 0 saturated carbocycles. The van der Waals surface area contributed by atoms with E-state index in [4.69, 9.17) is 14.2 Å². The minimum Gasteiger partial charge on any atom is -0.454 e. The van der Waals surface area contributed by atoms with Crippen molar-refractivity contribution in [2.45, 2.75) is 397 Å². The summed E-state index contributed by atoms with van der Waals surface area (Å²) in [7, 11) is 0. The molecule has 1 heterocycles. The van der Waals surface area contributed by atoms with Crippen LogP contribution in [-0.4, -0.2) is 99.6 Å². The van der Waals surface area contributed by atoms with Crippen molar-refractivity contribution in [1.82, 2.24) is 5.32 Å². The van der Waals surface area contributed by atoms with Crippen LogP contribution in [0.25, 0.3) is 0 Å². The molecule has 538 valence electrons. The zero-order chi connectivity index (χ0) is 67.4. The number of allylic oxidation sites excluding steroid dienone is 15. The number of nitrogens with one attached hydrogen (secondary N) is 1. The van der Waals surface area contributed by atoms with Gasteiger partial charge in [-0.2, -0.15) is 0 Å². The van der Waals surface area contributed by atoms with Crippen molar-refractivity contribution in [3.05, 3.63) is 97.2 Å². The molecule has 1 saturated heterocycles. The minimum atomic E-state index is -1.62. The van der Waals surface area contributed by atoms with Gasteiger partial charge in [0.1, 0.15) is 24.4 Å². The predicted octanol–water partition coefficient (Wildman–Crippen LogP) is 21.0. The molecule has 93 heavy (non-hydrogen) atoms. The summed E-state index contributed by atoms with van der Waals surface area (Å²) in [5, 5.41) is 57.4. The van der Waals surface area contributed by atoms with E-state index in [0.29, 0.717) is 12.8 Å². The van der Waals surface area contributed by atoms with Crippen LogP contribution in [0.3, 0.4) is 0 Å². The minimum absolute atomic E-state index is 0.122. The van der Waals surface area contributed by atoms with Crippen molar-refractivity contribution in [3.63, 3.8) is 0 Å². The van der Waals surface area contributed by atoms with Crippen LogP contribution in [-0.2, 0) is 23.8 Å². The average molecular weight is 1310 g/mol. The van der Waals surface area contributed by atoms with Gasteiger partial charge in [0.15, 0.2) is 12.4 Å². The Hall–Kier alpha value is -3.42. The number of aliphatic hydroxyl groups is 5. The van der Waals surface area contributed by atoms with Crippen LogP contribution in [0.4, 0.5) is 0 Å². The number of carbonyl (C=O) groups is 2. The summed E-state index contributed by atoms with van der Waals surface area (Å²) < 4.78 is 17.7. The molecule has 0 aliphatic carbocycles. The maximum atomic E-state index is 13.5. The Bertz CT molecular complexity index is 1890. The fraction of sp³-hybridized carbons (Fsp3) is 0.780. The molecule has 6 N–H and O–H groups in total. The van der Waals surface area contributed by atoms with Gasteiger partial charge in [0.25, 0.3) is 0 Å². The number of aliphatic hydroxyl groups excluding tert-OH is 5.